The number of hydrogen-bond donors (Lipinski definition) is 1. The molecule has 0 radical (unpaired) electrons. The van der Waals surface area contributed by atoms with Crippen molar-refractivity contribution >= 4 is 40.5 Å². The highest BCUT2D eigenvalue weighted by Crippen LogP contribution is 2.36. The lowest BCUT2D eigenvalue weighted by atomic mass is 10.3. The molecule has 0 aliphatic carbocycles. The molecule has 0 saturated heterocycles. The van der Waals surface area contributed by atoms with E-state index < -0.39 is 0 Å². The second kappa shape index (κ2) is 4.25. The molecule has 2 heterocycles. The Balaban J connectivity index is 2.41. The molecule has 0 saturated carbocycles. The second-order valence-corrected chi connectivity index (χ2v) is 4.44. The molecule has 0 atom stereocenters. The third-order valence-electron chi connectivity index (χ3n) is 1.67. The first-order valence-electron chi connectivity index (χ1n) is 4.12. The van der Waals surface area contributed by atoms with Crippen molar-refractivity contribution in [2.24, 2.45) is 0 Å². The monoisotopic (exact) mass is 245 g/mol. The van der Waals surface area contributed by atoms with Gasteiger partial charge in [-0.2, -0.15) is 8.75 Å². The van der Waals surface area contributed by atoms with E-state index >= 15 is 0 Å². The van der Waals surface area contributed by atoms with Gasteiger partial charge in [0.05, 0.1) is 21.6 Å². The van der Waals surface area contributed by atoms with E-state index in [0.717, 1.165) is 28.0 Å². The fraction of sp³-hybridized carbons (Fsp3) is 0.250. The largest absolute Gasteiger partial charge is 0.368 e. The number of anilines is 1. The number of hydrogen-bond acceptors (Lipinski definition) is 5. The third kappa shape index (κ3) is 1.75. The van der Waals surface area contributed by atoms with E-state index in [4.69, 9.17) is 11.6 Å². The first kappa shape index (κ1) is 9.89. The van der Waals surface area contributed by atoms with Gasteiger partial charge in [0.1, 0.15) is 5.69 Å². The molecule has 6 heteroatoms. The van der Waals surface area contributed by atoms with Crippen molar-refractivity contribution in [2.45, 2.75) is 6.92 Å². The predicted molar refractivity (Wildman–Crippen MR) is 62.4 cm³/mol. The average molecular weight is 246 g/mol. The standard InChI is InChI=1S/C8H8ClN3S2/c1-2-10-8-6(11-14-12-8)7-5(9)3-4-13-7/h3-4H,2H2,1H3,(H,10,12). The van der Waals surface area contributed by atoms with Crippen LogP contribution in [0.2, 0.25) is 5.02 Å². The summed E-state index contributed by atoms with van der Waals surface area (Å²) in [6, 6.07) is 1.87. The number of nitrogens with zero attached hydrogens (tertiary/aromatic N) is 2. The van der Waals surface area contributed by atoms with Gasteiger partial charge >= 0.3 is 0 Å². The van der Waals surface area contributed by atoms with Crippen molar-refractivity contribution in [3.63, 3.8) is 0 Å². The minimum absolute atomic E-state index is 0.738. The van der Waals surface area contributed by atoms with Crippen LogP contribution in [0.15, 0.2) is 11.4 Å². The van der Waals surface area contributed by atoms with Crippen LogP contribution in [0.3, 0.4) is 0 Å². The number of nitrogens with one attached hydrogen (secondary N) is 1. The normalized spacial score (nSPS) is 10.4. The molecule has 2 rings (SSSR count). The lowest BCUT2D eigenvalue weighted by Crippen LogP contribution is -1.97. The predicted octanol–water partition coefficient (Wildman–Crippen LogP) is 3.35. The zero-order valence-corrected chi connectivity index (χ0v) is 9.84. The molecular formula is C8H8ClN3S2. The Kier molecular flexibility index (Phi) is 3.00. The molecular weight excluding hydrogens is 238 g/mol. The Labute approximate surface area is 95.1 Å². The van der Waals surface area contributed by atoms with Crippen molar-refractivity contribution in [1.29, 1.82) is 0 Å². The number of aromatic nitrogens is 2. The van der Waals surface area contributed by atoms with Crippen LogP contribution in [0, 0.1) is 0 Å². The van der Waals surface area contributed by atoms with Crippen molar-refractivity contribution in [3.05, 3.63) is 16.5 Å². The van der Waals surface area contributed by atoms with Gasteiger partial charge in [0.2, 0.25) is 0 Å². The molecule has 0 unspecified atom stereocenters. The molecule has 2 aromatic rings. The molecule has 74 valence electrons. The first-order valence-corrected chi connectivity index (χ1v) is 6.11. The van der Waals surface area contributed by atoms with E-state index in [0.29, 0.717) is 0 Å². The van der Waals surface area contributed by atoms with Gasteiger partial charge < -0.3 is 5.32 Å². The number of thiophene rings is 1. The van der Waals surface area contributed by atoms with E-state index in [1.54, 1.807) is 11.3 Å². The van der Waals surface area contributed by atoms with Gasteiger partial charge in [0, 0.05) is 6.54 Å². The molecule has 0 amide bonds. The summed E-state index contributed by atoms with van der Waals surface area (Å²) in [5.74, 6) is 0.821. The summed E-state index contributed by atoms with van der Waals surface area (Å²) in [6.45, 7) is 2.86. The lowest BCUT2D eigenvalue weighted by molar-refractivity contribution is 1.19. The van der Waals surface area contributed by atoms with Crippen LogP contribution >= 0.6 is 34.7 Å². The molecule has 0 spiro atoms. The molecule has 0 fully saturated rings. The summed E-state index contributed by atoms with van der Waals surface area (Å²) in [6.07, 6.45) is 0. The highest BCUT2D eigenvalue weighted by molar-refractivity contribution is 7.14. The zero-order chi connectivity index (χ0) is 9.97. The third-order valence-corrected chi connectivity index (χ3v) is 3.54. The van der Waals surface area contributed by atoms with Gasteiger partial charge in [0.15, 0.2) is 5.82 Å². The molecule has 0 aliphatic rings. The van der Waals surface area contributed by atoms with Gasteiger partial charge in [-0.15, -0.1) is 11.3 Å². The van der Waals surface area contributed by atoms with Crippen molar-refractivity contribution in [1.82, 2.24) is 8.75 Å². The molecule has 0 aliphatic heterocycles. The van der Waals surface area contributed by atoms with E-state index in [1.165, 1.54) is 11.7 Å². The maximum atomic E-state index is 6.02. The van der Waals surface area contributed by atoms with Crippen molar-refractivity contribution < 1.29 is 0 Å². The van der Waals surface area contributed by atoms with Crippen LogP contribution in [0.5, 0.6) is 0 Å². The van der Waals surface area contributed by atoms with Gasteiger partial charge in [-0.25, -0.2) is 0 Å². The van der Waals surface area contributed by atoms with E-state index in [1.807, 2.05) is 18.4 Å². The Morgan fingerprint density at radius 1 is 1.50 bits per heavy atom. The maximum Gasteiger partial charge on any atom is 0.169 e. The van der Waals surface area contributed by atoms with Gasteiger partial charge in [-0.1, -0.05) is 11.6 Å². The Bertz CT molecular complexity index is 424. The van der Waals surface area contributed by atoms with Gasteiger partial charge in [-0.05, 0) is 18.4 Å². The highest BCUT2D eigenvalue weighted by atomic mass is 35.5. The summed E-state index contributed by atoms with van der Waals surface area (Å²) in [5.41, 5.74) is 0.858. The Morgan fingerprint density at radius 2 is 2.36 bits per heavy atom. The van der Waals surface area contributed by atoms with Crippen LogP contribution in [0.1, 0.15) is 6.92 Å². The quantitative estimate of drug-likeness (QED) is 0.901. The fourth-order valence-electron chi connectivity index (χ4n) is 1.08. The van der Waals surface area contributed by atoms with E-state index in [-0.39, 0.29) is 0 Å². The fourth-order valence-corrected chi connectivity index (χ4v) is 2.81. The molecule has 1 N–H and O–H groups in total. The maximum absolute atomic E-state index is 6.02. The number of rotatable bonds is 3. The SMILES string of the molecule is CCNc1nsnc1-c1sccc1Cl. The summed E-state index contributed by atoms with van der Waals surface area (Å²) in [7, 11) is 0. The van der Waals surface area contributed by atoms with Crippen molar-refractivity contribution in [2.75, 3.05) is 11.9 Å². The van der Waals surface area contributed by atoms with E-state index in [2.05, 4.69) is 14.1 Å². The van der Waals surface area contributed by atoms with Crippen LogP contribution in [0.4, 0.5) is 5.82 Å². The lowest BCUT2D eigenvalue weighted by Gasteiger charge is -1.99. The Hall–Kier alpha value is -0.650. The van der Waals surface area contributed by atoms with E-state index in [9.17, 15) is 0 Å². The minimum Gasteiger partial charge on any atom is -0.368 e. The smallest absolute Gasteiger partial charge is 0.169 e. The van der Waals surface area contributed by atoms with Crippen LogP contribution in [-0.4, -0.2) is 15.3 Å². The van der Waals surface area contributed by atoms with Crippen molar-refractivity contribution in [3.8, 4) is 10.6 Å². The molecule has 3 nitrogen and oxygen atoms in total. The van der Waals surface area contributed by atoms with Gasteiger partial charge in [-0.3, -0.25) is 0 Å². The number of halogens is 1. The topological polar surface area (TPSA) is 37.8 Å². The summed E-state index contributed by atoms with van der Waals surface area (Å²) < 4.78 is 8.40. The molecule has 0 aromatic carbocycles. The molecule has 0 bridgehead atoms. The van der Waals surface area contributed by atoms with Crippen LogP contribution in [-0.2, 0) is 0 Å². The molecule has 2 aromatic heterocycles. The second-order valence-electron chi connectivity index (χ2n) is 2.59. The average Bonchev–Trinajstić information content (AvgIpc) is 2.74. The highest BCUT2D eigenvalue weighted by Gasteiger charge is 2.13. The van der Waals surface area contributed by atoms with Crippen LogP contribution < -0.4 is 5.32 Å². The van der Waals surface area contributed by atoms with Gasteiger partial charge in [0.25, 0.3) is 0 Å². The first-order chi connectivity index (χ1) is 6.83. The van der Waals surface area contributed by atoms with Crippen LogP contribution in [0.25, 0.3) is 10.6 Å². The minimum atomic E-state index is 0.738. The summed E-state index contributed by atoms with van der Waals surface area (Å²) >= 11 is 8.80. The zero-order valence-electron chi connectivity index (χ0n) is 7.45. The molecule has 14 heavy (non-hydrogen) atoms. The summed E-state index contributed by atoms with van der Waals surface area (Å²) in [5, 5.41) is 5.85. The Morgan fingerprint density at radius 3 is 3.00 bits per heavy atom. The summed E-state index contributed by atoms with van der Waals surface area (Å²) in [4.78, 5) is 0.983.